The lowest BCUT2D eigenvalue weighted by molar-refractivity contribution is -0.123. The van der Waals surface area contributed by atoms with E-state index in [9.17, 15) is 4.79 Å². The zero-order valence-electron chi connectivity index (χ0n) is 18.8. The van der Waals surface area contributed by atoms with Crippen LogP contribution in [-0.2, 0) is 4.79 Å². The van der Waals surface area contributed by atoms with Crippen molar-refractivity contribution in [1.82, 2.24) is 19.8 Å². The first-order chi connectivity index (χ1) is 14.9. The number of carbonyl (C=O) groups excluding carboxylic acids is 1. The Morgan fingerprint density at radius 2 is 1.97 bits per heavy atom. The molecule has 7 nitrogen and oxygen atoms in total. The van der Waals surface area contributed by atoms with Crippen LogP contribution in [0.15, 0.2) is 48.1 Å². The average molecular weight is 421 g/mol. The Morgan fingerprint density at radius 1 is 1.23 bits per heavy atom. The van der Waals surface area contributed by atoms with E-state index in [4.69, 9.17) is 4.98 Å². The molecule has 0 saturated carbocycles. The molecule has 2 aliphatic heterocycles. The maximum Gasteiger partial charge on any atom is 0.136 e. The number of hydrogen-bond acceptors (Lipinski definition) is 6. The summed E-state index contributed by atoms with van der Waals surface area (Å²) in [4.78, 5) is 32.6. The number of likely N-dealkylation sites (tertiary alicyclic amines) is 1. The van der Waals surface area contributed by atoms with Crippen LogP contribution in [0.1, 0.15) is 31.6 Å². The fourth-order valence-electron chi connectivity index (χ4n) is 4.67. The minimum absolute atomic E-state index is 0.131. The predicted molar refractivity (Wildman–Crippen MR) is 127 cm³/mol. The third-order valence-corrected chi connectivity index (χ3v) is 6.48. The summed E-state index contributed by atoms with van der Waals surface area (Å²) in [7, 11) is 4.20. The quantitative estimate of drug-likeness (QED) is 0.753. The Balaban J connectivity index is 1.68. The first-order valence-electron chi connectivity index (χ1n) is 10.9. The van der Waals surface area contributed by atoms with E-state index in [1.165, 1.54) is 6.20 Å². The lowest BCUT2D eigenvalue weighted by Crippen LogP contribution is -2.47. The number of fused-ring (bicyclic) bond motifs is 1. The van der Waals surface area contributed by atoms with Crippen molar-refractivity contribution >= 4 is 28.2 Å². The Kier molecular flexibility index (Phi) is 6.07. The third-order valence-electron chi connectivity index (χ3n) is 6.48. The van der Waals surface area contributed by atoms with Crippen molar-refractivity contribution in [1.29, 1.82) is 0 Å². The van der Waals surface area contributed by atoms with Crippen molar-refractivity contribution in [2.75, 3.05) is 45.2 Å². The summed E-state index contributed by atoms with van der Waals surface area (Å²) < 4.78 is 0. The van der Waals surface area contributed by atoms with Gasteiger partial charge in [0.05, 0.1) is 29.0 Å². The van der Waals surface area contributed by atoms with E-state index in [1.54, 1.807) is 0 Å². The molecule has 1 N–H and O–H groups in total. The number of anilines is 1. The summed E-state index contributed by atoms with van der Waals surface area (Å²) >= 11 is 0. The smallest absolute Gasteiger partial charge is 0.136 e. The number of carbonyl (C=O) groups is 1. The molecule has 0 bridgehead atoms. The number of hydrogen-bond donors (Lipinski definition) is 1. The summed E-state index contributed by atoms with van der Waals surface area (Å²) in [6.45, 7) is 13.8. The Labute approximate surface area is 184 Å². The number of ketones is 1. The number of piperazine rings is 1. The summed E-state index contributed by atoms with van der Waals surface area (Å²) in [6, 6.07) is 6.02. The van der Waals surface area contributed by atoms with Gasteiger partial charge in [-0.15, -0.1) is 0 Å². The second-order valence-electron chi connectivity index (χ2n) is 8.71. The van der Waals surface area contributed by atoms with E-state index >= 15 is 0 Å². The van der Waals surface area contributed by atoms with Crippen LogP contribution in [0, 0.1) is 0 Å². The van der Waals surface area contributed by atoms with Crippen LogP contribution in [-0.4, -0.2) is 77.6 Å². The molecule has 1 aromatic carbocycles. The monoisotopic (exact) mass is 420 g/mol. The molecule has 164 valence electrons. The normalized spacial score (nSPS) is 24.0. The molecular formula is C24H32N6O. The van der Waals surface area contributed by atoms with Crippen LogP contribution in [0.25, 0.3) is 11.0 Å². The van der Waals surface area contributed by atoms with Gasteiger partial charge in [0.1, 0.15) is 17.1 Å². The number of nitrogens with one attached hydrogen (secondary N) is 1. The van der Waals surface area contributed by atoms with Crippen molar-refractivity contribution in [3.63, 3.8) is 0 Å². The van der Waals surface area contributed by atoms with Gasteiger partial charge in [0.25, 0.3) is 0 Å². The molecule has 0 radical (unpaired) electrons. The number of aromatic nitrogens is 2. The minimum Gasteiger partial charge on any atom is -0.367 e. The van der Waals surface area contributed by atoms with E-state index in [2.05, 4.69) is 63.1 Å². The molecule has 0 amide bonds. The van der Waals surface area contributed by atoms with E-state index in [0.29, 0.717) is 12.8 Å². The van der Waals surface area contributed by atoms with E-state index in [-0.39, 0.29) is 17.9 Å². The van der Waals surface area contributed by atoms with E-state index < -0.39 is 0 Å². The van der Waals surface area contributed by atoms with Crippen molar-refractivity contribution < 1.29 is 4.79 Å². The van der Waals surface area contributed by atoms with Crippen molar-refractivity contribution in [2.45, 2.75) is 31.8 Å². The molecule has 7 heteroatoms. The highest BCUT2D eigenvalue weighted by molar-refractivity contribution is 6.06. The number of Topliss-reactive ketones (excluding diaryl/α,β-unsaturated/α-hetero) is 1. The third kappa shape index (κ3) is 4.20. The molecule has 2 saturated heterocycles. The SMILES string of the molecule is C=CN=C(C(=C)C)C1CC(=O)CC(c2nc3c(N4CCN(C)CC4)cccc3[nH]2)N1C. The molecule has 0 spiro atoms. The summed E-state index contributed by atoms with van der Waals surface area (Å²) in [5.74, 6) is 1.04. The number of nitrogens with zero attached hydrogens (tertiary/aromatic N) is 5. The van der Waals surface area contributed by atoms with Gasteiger partial charge in [0, 0.05) is 45.2 Å². The van der Waals surface area contributed by atoms with E-state index in [0.717, 1.165) is 60.0 Å². The first kappa shape index (κ1) is 21.5. The van der Waals surface area contributed by atoms with Crippen molar-refractivity contribution in [2.24, 2.45) is 4.99 Å². The summed E-state index contributed by atoms with van der Waals surface area (Å²) in [5, 5.41) is 0. The van der Waals surface area contributed by atoms with Crippen LogP contribution < -0.4 is 4.90 Å². The predicted octanol–water partition coefficient (Wildman–Crippen LogP) is 3.18. The average Bonchev–Trinajstić information content (AvgIpc) is 3.18. The molecule has 1 aromatic heterocycles. The van der Waals surface area contributed by atoms with Crippen LogP contribution in [0.5, 0.6) is 0 Å². The Bertz CT molecular complexity index is 1030. The van der Waals surface area contributed by atoms with Crippen LogP contribution in [0.2, 0.25) is 0 Å². The number of imidazole rings is 1. The highest BCUT2D eigenvalue weighted by Gasteiger charge is 2.37. The van der Waals surface area contributed by atoms with Gasteiger partial charge in [0.15, 0.2) is 0 Å². The highest BCUT2D eigenvalue weighted by Crippen LogP contribution is 2.34. The van der Waals surface area contributed by atoms with Gasteiger partial charge < -0.3 is 14.8 Å². The number of likely N-dealkylation sites (N-methyl/N-ethyl adjacent to an activating group) is 1. The minimum atomic E-state index is -0.132. The largest absolute Gasteiger partial charge is 0.367 e. The van der Waals surface area contributed by atoms with Crippen LogP contribution in [0.4, 0.5) is 5.69 Å². The molecule has 2 aromatic rings. The molecular weight excluding hydrogens is 388 g/mol. The molecule has 2 atom stereocenters. The molecule has 31 heavy (non-hydrogen) atoms. The van der Waals surface area contributed by atoms with Gasteiger partial charge in [-0.1, -0.05) is 19.2 Å². The summed E-state index contributed by atoms with van der Waals surface area (Å²) in [6.07, 6.45) is 2.39. The second kappa shape index (κ2) is 8.77. The molecule has 0 aliphatic carbocycles. The van der Waals surface area contributed by atoms with Crippen molar-refractivity contribution in [3.05, 3.63) is 49.0 Å². The number of benzene rings is 1. The molecule has 3 heterocycles. The Hall–Kier alpha value is -2.77. The van der Waals surface area contributed by atoms with Crippen LogP contribution in [0.3, 0.4) is 0 Å². The van der Waals surface area contributed by atoms with Crippen molar-refractivity contribution in [3.8, 4) is 0 Å². The number of aliphatic imine (C=N–C) groups is 1. The van der Waals surface area contributed by atoms with Gasteiger partial charge in [-0.25, -0.2) is 4.98 Å². The molecule has 4 rings (SSSR count). The zero-order chi connectivity index (χ0) is 22.1. The Morgan fingerprint density at radius 3 is 2.65 bits per heavy atom. The van der Waals surface area contributed by atoms with Gasteiger partial charge in [-0.2, -0.15) is 0 Å². The number of rotatable bonds is 5. The summed E-state index contributed by atoms with van der Waals surface area (Å²) in [5.41, 5.74) is 4.81. The zero-order valence-corrected chi connectivity index (χ0v) is 18.8. The standard InChI is InChI=1S/C24H32N6O/c1-6-25-22(16(2)3)20-14-17(31)15-21(29(20)5)24-26-18-8-7-9-19(23(18)27-24)30-12-10-28(4)11-13-30/h6-9,20-21H,1-2,10-15H2,3-5H3,(H,26,27). The fraction of sp³-hybridized carbons (Fsp3) is 0.458. The lowest BCUT2D eigenvalue weighted by atomic mass is 9.89. The van der Waals surface area contributed by atoms with Crippen LogP contribution >= 0.6 is 0 Å². The number of piperidine rings is 1. The maximum atomic E-state index is 12.7. The van der Waals surface area contributed by atoms with Gasteiger partial charge in [0.2, 0.25) is 0 Å². The number of aromatic amines is 1. The first-order valence-corrected chi connectivity index (χ1v) is 10.9. The number of para-hydroxylation sites is 1. The molecule has 2 aliphatic rings. The number of H-pyrrole nitrogens is 1. The topological polar surface area (TPSA) is 67.8 Å². The van der Waals surface area contributed by atoms with Gasteiger partial charge in [-0.3, -0.25) is 14.7 Å². The van der Waals surface area contributed by atoms with E-state index in [1.807, 2.05) is 14.0 Å². The van der Waals surface area contributed by atoms with Gasteiger partial charge >= 0.3 is 0 Å². The lowest BCUT2D eigenvalue weighted by Gasteiger charge is -2.38. The second-order valence-corrected chi connectivity index (χ2v) is 8.71. The highest BCUT2D eigenvalue weighted by atomic mass is 16.1. The molecule has 2 fully saturated rings. The maximum absolute atomic E-state index is 12.7. The molecule has 2 unspecified atom stereocenters. The fourth-order valence-corrected chi connectivity index (χ4v) is 4.67. The van der Waals surface area contributed by atoms with Gasteiger partial charge in [-0.05, 0) is 38.7 Å².